The standard InChI is InChI=1S/C15H20N4O/c1-11-4-5-13(8-12(11)2)19-15-9-14(17-10-18-15)16-6-7-20-3/h4-5,8-10H,6-7H2,1-3H3,(H2,16,17,18,19). The predicted molar refractivity (Wildman–Crippen MR) is 81.6 cm³/mol. The van der Waals surface area contributed by atoms with Crippen LogP contribution in [0, 0.1) is 13.8 Å². The number of ether oxygens (including phenoxy) is 1. The Morgan fingerprint density at radius 2 is 1.85 bits per heavy atom. The van der Waals surface area contributed by atoms with Gasteiger partial charge >= 0.3 is 0 Å². The quantitative estimate of drug-likeness (QED) is 0.792. The lowest BCUT2D eigenvalue weighted by molar-refractivity contribution is 0.210. The molecular weight excluding hydrogens is 252 g/mol. The van der Waals surface area contributed by atoms with Crippen molar-refractivity contribution in [1.82, 2.24) is 9.97 Å². The molecule has 1 aromatic heterocycles. The number of aromatic nitrogens is 2. The summed E-state index contributed by atoms with van der Waals surface area (Å²) in [5.41, 5.74) is 3.55. The monoisotopic (exact) mass is 272 g/mol. The van der Waals surface area contributed by atoms with Crippen molar-refractivity contribution in [3.8, 4) is 0 Å². The van der Waals surface area contributed by atoms with Gasteiger partial charge in [0.1, 0.15) is 18.0 Å². The Bertz CT molecular complexity index is 572. The van der Waals surface area contributed by atoms with E-state index in [9.17, 15) is 0 Å². The number of anilines is 3. The van der Waals surface area contributed by atoms with Gasteiger partial charge in [-0.3, -0.25) is 0 Å². The second-order valence-electron chi connectivity index (χ2n) is 4.63. The summed E-state index contributed by atoms with van der Waals surface area (Å²) in [6, 6.07) is 8.12. The van der Waals surface area contributed by atoms with Crippen LogP contribution in [0.5, 0.6) is 0 Å². The van der Waals surface area contributed by atoms with E-state index >= 15 is 0 Å². The molecule has 1 aromatic carbocycles. The van der Waals surface area contributed by atoms with Crippen molar-refractivity contribution in [3.05, 3.63) is 41.7 Å². The van der Waals surface area contributed by atoms with Crippen LogP contribution in [0.2, 0.25) is 0 Å². The van der Waals surface area contributed by atoms with Crippen molar-refractivity contribution in [2.75, 3.05) is 30.9 Å². The van der Waals surface area contributed by atoms with Gasteiger partial charge in [0.25, 0.3) is 0 Å². The lowest BCUT2D eigenvalue weighted by Gasteiger charge is -2.09. The molecule has 2 rings (SSSR count). The number of aryl methyl sites for hydroxylation is 2. The van der Waals surface area contributed by atoms with E-state index in [1.165, 1.54) is 11.1 Å². The van der Waals surface area contributed by atoms with Gasteiger partial charge in [-0.15, -0.1) is 0 Å². The molecule has 0 unspecified atom stereocenters. The third kappa shape index (κ3) is 3.93. The maximum atomic E-state index is 4.99. The minimum Gasteiger partial charge on any atom is -0.383 e. The van der Waals surface area contributed by atoms with E-state index in [0.717, 1.165) is 23.9 Å². The highest BCUT2D eigenvalue weighted by atomic mass is 16.5. The van der Waals surface area contributed by atoms with E-state index in [-0.39, 0.29) is 0 Å². The molecule has 0 aliphatic carbocycles. The average Bonchev–Trinajstić information content (AvgIpc) is 2.44. The summed E-state index contributed by atoms with van der Waals surface area (Å²) in [5.74, 6) is 1.55. The number of methoxy groups -OCH3 is 1. The molecule has 0 amide bonds. The van der Waals surface area contributed by atoms with Crippen molar-refractivity contribution in [1.29, 1.82) is 0 Å². The van der Waals surface area contributed by atoms with Gasteiger partial charge in [0.05, 0.1) is 6.61 Å². The van der Waals surface area contributed by atoms with Crippen LogP contribution in [-0.4, -0.2) is 30.2 Å². The first-order valence-corrected chi connectivity index (χ1v) is 6.58. The highest BCUT2D eigenvalue weighted by Gasteiger charge is 2.01. The van der Waals surface area contributed by atoms with E-state index in [1.807, 2.05) is 12.1 Å². The lowest BCUT2D eigenvalue weighted by Crippen LogP contribution is -2.09. The molecule has 0 saturated heterocycles. The zero-order chi connectivity index (χ0) is 14.4. The first kappa shape index (κ1) is 14.3. The minimum absolute atomic E-state index is 0.643. The molecule has 20 heavy (non-hydrogen) atoms. The van der Waals surface area contributed by atoms with Crippen LogP contribution in [-0.2, 0) is 4.74 Å². The molecule has 2 aromatic rings. The van der Waals surface area contributed by atoms with Gasteiger partial charge in [0, 0.05) is 25.4 Å². The Hall–Kier alpha value is -2.14. The van der Waals surface area contributed by atoms with Crippen LogP contribution in [0.15, 0.2) is 30.6 Å². The normalized spacial score (nSPS) is 10.3. The largest absolute Gasteiger partial charge is 0.383 e. The number of nitrogens with one attached hydrogen (secondary N) is 2. The first-order valence-electron chi connectivity index (χ1n) is 6.58. The van der Waals surface area contributed by atoms with Gasteiger partial charge in [0.2, 0.25) is 0 Å². The number of nitrogens with zero attached hydrogens (tertiary/aromatic N) is 2. The Balaban J connectivity index is 2.05. The average molecular weight is 272 g/mol. The van der Waals surface area contributed by atoms with Gasteiger partial charge in [0.15, 0.2) is 0 Å². The maximum absolute atomic E-state index is 4.99. The zero-order valence-electron chi connectivity index (χ0n) is 12.1. The fourth-order valence-electron chi connectivity index (χ4n) is 1.77. The fraction of sp³-hybridized carbons (Fsp3) is 0.333. The summed E-state index contributed by atoms with van der Waals surface area (Å²) >= 11 is 0. The van der Waals surface area contributed by atoms with Gasteiger partial charge in [-0.25, -0.2) is 9.97 Å². The molecule has 0 aliphatic heterocycles. The SMILES string of the molecule is COCCNc1cc(Nc2ccc(C)c(C)c2)ncn1. The van der Waals surface area contributed by atoms with Crippen LogP contribution in [0.3, 0.4) is 0 Å². The van der Waals surface area contributed by atoms with E-state index < -0.39 is 0 Å². The van der Waals surface area contributed by atoms with Crippen LogP contribution >= 0.6 is 0 Å². The van der Waals surface area contributed by atoms with Gasteiger partial charge < -0.3 is 15.4 Å². The van der Waals surface area contributed by atoms with E-state index in [0.29, 0.717) is 6.61 Å². The van der Waals surface area contributed by atoms with Gasteiger partial charge in [-0.05, 0) is 37.1 Å². The van der Waals surface area contributed by atoms with Crippen molar-refractivity contribution < 1.29 is 4.74 Å². The number of hydrogen-bond donors (Lipinski definition) is 2. The molecule has 0 atom stereocenters. The minimum atomic E-state index is 0.643. The summed E-state index contributed by atoms with van der Waals surface area (Å²) < 4.78 is 4.99. The van der Waals surface area contributed by atoms with E-state index in [4.69, 9.17) is 4.74 Å². The van der Waals surface area contributed by atoms with Crippen LogP contribution in [0.25, 0.3) is 0 Å². The van der Waals surface area contributed by atoms with Crippen LogP contribution in [0.4, 0.5) is 17.3 Å². The number of benzene rings is 1. The topological polar surface area (TPSA) is 59.1 Å². The predicted octanol–water partition coefficient (Wildman–Crippen LogP) is 2.90. The third-order valence-electron chi connectivity index (χ3n) is 3.06. The van der Waals surface area contributed by atoms with Crippen molar-refractivity contribution >= 4 is 17.3 Å². The Morgan fingerprint density at radius 3 is 2.60 bits per heavy atom. The molecule has 0 fully saturated rings. The molecule has 2 N–H and O–H groups in total. The Labute approximate surface area is 119 Å². The van der Waals surface area contributed by atoms with Crippen molar-refractivity contribution in [2.24, 2.45) is 0 Å². The molecule has 0 radical (unpaired) electrons. The Morgan fingerprint density at radius 1 is 1.05 bits per heavy atom. The van der Waals surface area contributed by atoms with Crippen molar-refractivity contribution in [2.45, 2.75) is 13.8 Å². The molecule has 1 heterocycles. The van der Waals surface area contributed by atoms with Crippen LogP contribution < -0.4 is 10.6 Å². The number of rotatable bonds is 6. The molecule has 0 aliphatic rings. The Kier molecular flexibility index (Phi) is 4.90. The number of hydrogen-bond acceptors (Lipinski definition) is 5. The van der Waals surface area contributed by atoms with Crippen LogP contribution in [0.1, 0.15) is 11.1 Å². The summed E-state index contributed by atoms with van der Waals surface area (Å²) in [5, 5.41) is 6.46. The molecule has 106 valence electrons. The summed E-state index contributed by atoms with van der Waals surface area (Å²) in [7, 11) is 1.67. The van der Waals surface area contributed by atoms with E-state index in [1.54, 1.807) is 13.4 Å². The molecule has 5 heteroatoms. The zero-order valence-corrected chi connectivity index (χ0v) is 12.1. The lowest BCUT2D eigenvalue weighted by atomic mass is 10.1. The second kappa shape index (κ2) is 6.86. The molecule has 0 saturated carbocycles. The second-order valence-corrected chi connectivity index (χ2v) is 4.63. The van der Waals surface area contributed by atoms with E-state index in [2.05, 4.69) is 46.6 Å². The highest BCUT2D eigenvalue weighted by Crippen LogP contribution is 2.19. The summed E-state index contributed by atoms with van der Waals surface area (Å²) in [6.07, 6.45) is 1.54. The maximum Gasteiger partial charge on any atom is 0.135 e. The van der Waals surface area contributed by atoms with Gasteiger partial charge in [-0.1, -0.05) is 6.07 Å². The smallest absolute Gasteiger partial charge is 0.135 e. The van der Waals surface area contributed by atoms with Gasteiger partial charge in [-0.2, -0.15) is 0 Å². The molecule has 5 nitrogen and oxygen atoms in total. The summed E-state index contributed by atoms with van der Waals surface area (Å²) in [6.45, 7) is 5.56. The molecule has 0 spiro atoms. The summed E-state index contributed by atoms with van der Waals surface area (Å²) in [4.78, 5) is 8.39. The third-order valence-corrected chi connectivity index (χ3v) is 3.06. The highest BCUT2D eigenvalue weighted by molar-refractivity contribution is 5.60. The fourth-order valence-corrected chi connectivity index (χ4v) is 1.77. The van der Waals surface area contributed by atoms with Crippen molar-refractivity contribution in [3.63, 3.8) is 0 Å². The molecular formula is C15H20N4O. The molecule has 0 bridgehead atoms. The first-order chi connectivity index (χ1) is 9.69.